The third-order valence-corrected chi connectivity index (χ3v) is 2.78. The Balaban J connectivity index is 2.51. The van der Waals surface area contributed by atoms with Crippen LogP contribution in [0.4, 0.5) is 0 Å². The Bertz CT molecular complexity index is 498. The van der Waals surface area contributed by atoms with E-state index >= 15 is 0 Å². The number of nitrogens with zero attached hydrogens (tertiary/aromatic N) is 1. The van der Waals surface area contributed by atoms with Crippen molar-refractivity contribution in [1.29, 1.82) is 0 Å². The summed E-state index contributed by atoms with van der Waals surface area (Å²) in [4.78, 5) is 4.42. The maximum atomic E-state index is 4.42. The van der Waals surface area contributed by atoms with Gasteiger partial charge in [-0.3, -0.25) is 4.98 Å². The predicted molar refractivity (Wildman–Crippen MR) is 71.9 cm³/mol. The van der Waals surface area contributed by atoms with Crippen LogP contribution < -0.4 is 5.32 Å². The molecule has 0 aliphatic carbocycles. The highest BCUT2D eigenvalue weighted by molar-refractivity contribution is 5.67. The zero-order valence-corrected chi connectivity index (χ0v) is 10.6. The molecule has 0 aliphatic heterocycles. The lowest BCUT2D eigenvalue weighted by Gasteiger charge is -2.10. The molecule has 88 valence electrons. The number of hydrogen-bond donors (Lipinski definition) is 1. The Morgan fingerprint density at radius 1 is 1.06 bits per heavy atom. The number of nitrogens with one attached hydrogen (secondary N) is 1. The molecule has 0 saturated heterocycles. The van der Waals surface area contributed by atoms with Gasteiger partial charge in [0.2, 0.25) is 0 Å². The van der Waals surface area contributed by atoms with Crippen molar-refractivity contribution in [2.24, 2.45) is 0 Å². The summed E-state index contributed by atoms with van der Waals surface area (Å²) in [5.74, 6) is 0. The molecule has 0 spiro atoms. The summed E-state index contributed by atoms with van der Waals surface area (Å²) in [7, 11) is 1.97. The van der Waals surface area contributed by atoms with Crippen LogP contribution in [0.1, 0.15) is 17.0 Å². The number of rotatable bonds is 3. The van der Waals surface area contributed by atoms with E-state index < -0.39 is 0 Å². The number of aromatic nitrogens is 1. The van der Waals surface area contributed by atoms with E-state index in [1.807, 2.05) is 20.9 Å². The molecule has 0 unspecified atom stereocenters. The standard InChI is InChI=1S/C15H18N2/c1-11-8-14(9-12(2)17-11)15-7-5-4-6-13(15)10-16-3/h4-9,16H,10H2,1-3H3. The van der Waals surface area contributed by atoms with Gasteiger partial charge in [0.1, 0.15) is 0 Å². The molecular formula is C15H18N2. The third-order valence-electron chi connectivity index (χ3n) is 2.78. The summed E-state index contributed by atoms with van der Waals surface area (Å²) in [6, 6.07) is 12.8. The summed E-state index contributed by atoms with van der Waals surface area (Å²) < 4.78 is 0. The van der Waals surface area contributed by atoms with E-state index in [0.29, 0.717) is 0 Å². The van der Waals surface area contributed by atoms with Crippen molar-refractivity contribution in [3.05, 3.63) is 53.3 Å². The molecule has 0 atom stereocenters. The van der Waals surface area contributed by atoms with Gasteiger partial charge in [0.25, 0.3) is 0 Å². The zero-order chi connectivity index (χ0) is 12.3. The summed E-state index contributed by atoms with van der Waals surface area (Å²) in [6.07, 6.45) is 0. The highest BCUT2D eigenvalue weighted by Gasteiger charge is 2.05. The van der Waals surface area contributed by atoms with Crippen molar-refractivity contribution in [3.8, 4) is 11.1 Å². The van der Waals surface area contributed by atoms with Crippen LogP contribution in [0, 0.1) is 13.8 Å². The van der Waals surface area contributed by atoms with E-state index in [4.69, 9.17) is 0 Å². The third kappa shape index (κ3) is 2.71. The Hall–Kier alpha value is -1.67. The minimum absolute atomic E-state index is 0.886. The van der Waals surface area contributed by atoms with Gasteiger partial charge in [0.15, 0.2) is 0 Å². The lowest BCUT2D eigenvalue weighted by atomic mass is 9.99. The van der Waals surface area contributed by atoms with Gasteiger partial charge < -0.3 is 5.32 Å². The fraction of sp³-hybridized carbons (Fsp3) is 0.267. The van der Waals surface area contributed by atoms with Crippen LogP contribution in [-0.2, 0) is 6.54 Å². The van der Waals surface area contributed by atoms with Crippen LogP contribution in [0.5, 0.6) is 0 Å². The van der Waals surface area contributed by atoms with Crippen molar-refractivity contribution in [2.75, 3.05) is 7.05 Å². The quantitative estimate of drug-likeness (QED) is 0.870. The van der Waals surface area contributed by atoms with Crippen LogP contribution in [0.3, 0.4) is 0 Å². The van der Waals surface area contributed by atoms with E-state index in [-0.39, 0.29) is 0 Å². The van der Waals surface area contributed by atoms with Gasteiger partial charge in [-0.15, -0.1) is 0 Å². The van der Waals surface area contributed by atoms with Gasteiger partial charge in [0.05, 0.1) is 0 Å². The maximum absolute atomic E-state index is 4.42. The molecule has 1 heterocycles. The molecule has 1 aromatic heterocycles. The van der Waals surface area contributed by atoms with E-state index in [1.54, 1.807) is 0 Å². The maximum Gasteiger partial charge on any atom is 0.0382 e. The average Bonchev–Trinajstić information content (AvgIpc) is 2.29. The molecule has 1 aromatic carbocycles. The van der Waals surface area contributed by atoms with Crippen molar-refractivity contribution >= 4 is 0 Å². The second-order valence-electron chi connectivity index (χ2n) is 4.33. The lowest BCUT2D eigenvalue weighted by molar-refractivity contribution is 0.819. The molecular weight excluding hydrogens is 208 g/mol. The van der Waals surface area contributed by atoms with Crippen molar-refractivity contribution in [1.82, 2.24) is 10.3 Å². The summed E-state index contributed by atoms with van der Waals surface area (Å²) in [6.45, 7) is 4.96. The van der Waals surface area contributed by atoms with Crippen LogP contribution >= 0.6 is 0 Å². The molecule has 17 heavy (non-hydrogen) atoms. The van der Waals surface area contributed by atoms with E-state index in [9.17, 15) is 0 Å². The summed E-state index contributed by atoms with van der Waals surface area (Å²) >= 11 is 0. The second-order valence-corrected chi connectivity index (χ2v) is 4.33. The Kier molecular flexibility index (Phi) is 3.55. The lowest BCUT2D eigenvalue weighted by Crippen LogP contribution is -2.06. The Morgan fingerprint density at radius 3 is 2.35 bits per heavy atom. The summed E-state index contributed by atoms with van der Waals surface area (Å²) in [5, 5.41) is 3.21. The molecule has 0 aliphatic rings. The van der Waals surface area contributed by atoms with Crippen LogP contribution in [0.25, 0.3) is 11.1 Å². The zero-order valence-electron chi connectivity index (χ0n) is 10.6. The van der Waals surface area contributed by atoms with Gasteiger partial charge in [-0.2, -0.15) is 0 Å². The van der Waals surface area contributed by atoms with Crippen LogP contribution in [0.2, 0.25) is 0 Å². The second kappa shape index (κ2) is 5.11. The van der Waals surface area contributed by atoms with E-state index in [0.717, 1.165) is 17.9 Å². The first kappa shape index (κ1) is 11.8. The molecule has 0 saturated carbocycles. The molecule has 2 rings (SSSR count). The first-order valence-electron chi connectivity index (χ1n) is 5.89. The smallest absolute Gasteiger partial charge is 0.0382 e. The number of aryl methyl sites for hydroxylation is 2. The number of benzene rings is 1. The molecule has 2 heteroatoms. The first-order valence-corrected chi connectivity index (χ1v) is 5.89. The number of hydrogen-bond acceptors (Lipinski definition) is 2. The van der Waals surface area contributed by atoms with E-state index in [2.05, 4.69) is 46.7 Å². The topological polar surface area (TPSA) is 24.9 Å². The molecule has 0 bridgehead atoms. The normalized spacial score (nSPS) is 10.5. The highest BCUT2D eigenvalue weighted by atomic mass is 14.8. The summed E-state index contributed by atoms with van der Waals surface area (Å²) in [5.41, 5.74) is 6.00. The van der Waals surface area contributed by atoms with Crippen LogP contribution in [0.15, 0.2) is 36.4 Å². The Morgan fingerprint density at radius 2 is 1.71 bits per heavy atom. The molecule has 1 N–H and O–H groups in total. The average molecular weight is 226 g/mol. The molecule has 0 radical (unpaired) electrons. The van der Waals surface area contributed by atoms with Crippen molar-refractivity contribution < 1.29 is 0 Å². The predicted octanol–water partition coefficient (Wildman–Crippen LogP) is 3.08. The Labute approximate surface area is 103 Å². The number of pyridine rings is 1. The van der Waals surface area contributed by atoms with Gasteiger partial charge in [-0.25, -0.2) is 0 Å². The largest absolute Gasteiger partial charge is 0.316 e. The van der Waals surface area contributed by atoms with E-state index in [1.165, 1.54) is 16.7 Å². The van der Waals surface area contributed by atoms with Gasteiger partial charge >= 0.3 is 0 Å². The monoisotopic (exact) mass is 226 g/mol. The van der Waals surface area contributed by atoms with Crippen molar-refractivity contribution in [3.63, 3.8) is 0 Å². The fourth-order valence-electron chi connectivity index (χ4n) is 2.14. The first-order chi connectivity index (χ1) is 8.20. The van der Waals surface area contributed by atoms with Gasteiger partial charge in [-0.05, 0) is 49.7 Å². The minimum atomic E-state index is 0.886. The minimum Gasteiger partial charge on any atom is -0.316 e. The molecule has 2 aromatic rings. The van der Waals surface area contributed by atoms with Gasteiger partial charge in [0, 0.05) is 17.9 Å². The SMILES string of the molecule is CNCc1ccccc1-c1cc(C)nc(C)c1. The molecule has 0 amide bonds. The molecule has 2 nitrogen and oxygen atoms in total. The molecule has 0 fully saturated rings. The van der Waals surface area contributed by atoms with Crippen LogP contribution in [-0.4, -0.2) is 12.0 Å². The van der Waals surface area contributed by atoms with Gasteiger partial charge in [-0.1, -0.05) is 24.3 Å². The highest BCUT2D eigenvalue weighted by Crippen LogP contribution is 2.24. The fourth-order valence-corrected chi connectivity index (χ4v) is 2.14. The van der Waals surface area contributed by atoms with Crippen molar-refractivity contribution in [2.45, 2.75) is 20.4 Å².